The second-order valence-electron chi connectivity index (χ2n) is 1.67. The molecule has 0 aromatic heterocycles. The molecule has 2 nitrogen and oxygen atoms in total. The summed E-state index contributed by atoms with van der Waals surface area (Å²) in [6.07, 6.45) is 1.43. The third-order valence-corrected chi connectivity index (χ3v) is 1.08. The van der Waals surface area contributed by atoms with Crippen molar-refractivity contribution in [2.45, 2.75) is 18.6 Å². The van der Waals surface area contributed by atoms with Gasteiger partial charge in [-0.05, 0) is 6.42 Å². The average Bonchev–Trinajstić information content (AvgIpc) is 2.19. The lowest BCUT2D eigenvalue weighted by atomic mass is 10.7. The van der Waals surface area contributed by atoms with Crippen LogP contribution in [0.3, 0.4) is 0 Å². The van der Waals surface area contributed by atoms with Crippen LogP contribution in [0.1, 0.15) is 6.42 Å². The summed E-state index contributed by atoms with van der Waals surface area (Å²) >= 11 is 0. The van der Waals surface area contributed by atoms with E-state index in [4.69, 9.17) is 10.5 Å². The summed E-state index contributed by atoms with van der Waals surface area (Å²) < 4.78 is 4.85. The first-order valence-electron chi connectivity index (χ1n) is 2.13. The second kappa shape index (κ2) is 2.50. The quantitative estimate of drug-likeness (QED) is 0.539. The van der Waals surface area contributed by atoms with E-state index < -0.39 is 0 Å². The maximum atomic E-state index is 5.35. The molecule has 1 aliphatic rings. The molecular formula is C4H10ClNO. The molecule has 44 valence electrons. The third-order valence-electron chi connectivity index (χ3n) is 1.08. The third kappa shape index (κ3) is 1.63. The van der Waals surface area contributed by atoms with Crippen LogP contribution in [0.15, 0.2) is 0 Å². The summed E-state index contributed by atoms with van der Waals surface area (Å²) in [6, 6.07) is 0.343. The van der Waals surface area contributed by atoms with Crippen molar-refractivity contribution in [3.05, 3.63) is 0 Å². The van der Waals surface area contributed by atoms with Crippen LogP contribution >= 0.6 is 12.4 Å². The Bertz CT molecular complexity index is 57.7. The molecule has 0 aliphatic heterocycles. The minimum atomic E-state index is 0. The molecule has 2 N–H and O–H groups in total. The van der Waals surface area contributed by atoms with Gasteiger partial charge in [0.1, 0.15) is 0 Å². The fraction of sp³-hybridized carbons (Fsp3) is 1.00. The van der Waals surface area contributed by atoms with Crippen LogP contribution in [-0.4, -0.2) is 19.3 Å². The molecule has 0 amide bonds. The van der Waals surface area contributed by atoms with E-state index in [-0.39, 0.29) is 12.4 Å². The summed E-state index contributed by atoms with van der Waals surface area (Å²) in [5, 5.41) is 0. The zero-order valence-corrected chi connectivity index (χ0v) is 5.07. The average molecular weight is 124 g/mol. The first kappa shape index (κ1) is 7.21. The Morgan fingerprint density at radius 2 is 2.14 bits per heavy atom. The molecule has 7 heavy (non-hydrogen) atoms. The highest BCUT2D eigenvalue weighted by atomic mass is 35.5. The van der Waals surface area contributed by atoms with E-state index in [1.807, 2.05) is 0 Å². The molecule has 0 unspecified atom stereocenters. The number of halogens is 1. The van der Waals surface area contributed by atoms with Crippen molar-refractivity contribution < 1.29 is 4.74 Å². The molecule has 2 atom stereocenters. The molecule has 0 aromatic rings. The van der Waals surface area contributed by atoms with E-state index in [1.54, 1.807) is 7.11 Å². The molecule has 3 heteroatoms. The molecule has 0 radical (unpaired) electrons. The standard InChI is InChI=1S/C4H9NO.ClH/c1-6-4-2-3(4)5;/h3-4H,2,5H2,1H3;1H/t3-,4-;/m0./s1. The highest BCUT2D eigenvalue weighted by Crippen LogP contribution is 2.20. The van der Waals surface area contributed by atoms with E-state index >= 15 is 0 Å². The highest BCUT2D eigenvalue weighted by molar-refractivity contribution is 5.85. The van der Waals surface area contributed by atoms with Crippen LogP contribution in [0.4, 0.5) is 0 Å². The van der Waals surface area contributed by atoms with E-state index in [0.29, 0.717) is 12.1 Å². The van der Waals surface area contributed by atoms with Crippen molar-refractivity contribution in [3.63, 3.8) is 0 Å². The lowest BCUT2D eigenvalue weighted by molar-refractivity contribution is 0.178. The van der Waals surface area contributed by atoms with Gasteiger partial charge in [-0.15, -0.1) is 12.4 Å². The van der Waals surface area contributed by atoms with E-state index in [1.165, 1.54) is 0 Å². The molecule has 0 bridgehead atoms. The lowest BCUT2D eigenvalue weighted by Crippen LogP contribution is -2.05. The molecule has 0 saturated heterocycles. The Balaban J connectivity index is 0.000000360. The smallest absolute Gasteiger partial charge is 0.0738 e. The zero-order valence-electron chi connectivity index (χ0n) is 4.26. The van der Waals surface area contributed by atoms with Crippen LogP contribution in [-0.2, 0) is 4.74 Å². The maximum Gasteiger partial charge on any atom is 0.0738 e. The van der Waals surface area contributed by atoms with Gasteiger partial charge in [-0.25, -0.2) is 0 Å². The van der Waals surface area contributed by atoms with Crippen molar-refractivity contribution in [3.8, 4) is 0 Å². The van der Waals surface area contributed by atoms with E-state index in [9.17, 15) is 0 Å². The molecule has 0 aromatic carbocycles. The number of methoxy groups -OCH3 is 1. The van der Waals surface area contributed by atoms with Gasteiger partial charge in [0, 0.05) is 13.2 Å². The van der Waals surface area contributed by atoms with Crippen LogP contribution in [0.2, 0.25) is 0 Å². The van der Waals surface area contributed by atoms with Crippen LogP contribution in [0, 0.1) is 0 Å². The normalized spacial score (nSPS) is 36.9. The largest absolute Gasteiger partial charge is 0.380 e. The Morgan fingerprint density at radius 1 is 1.71 bits per heavy atom. The summed E-state index contributed by atoms with van der Waals surface area (Å²) in [7, 11) is 1.69. The lowest BCUT2D eigenvalue weighted by Gasteiger charge is -1.85. The number of hydrogen-bond donors (Lipinski definition) is 1. The van der Waals surface area contributed by atoms with E-state index in [2.05, 4.69) is 0 Å². The van der Waals surface area contributed by atoms with Crippen molar-refractivity contribution >= 4 is 12.4 Å². The van der Waals surface area contributed by atoms with Gasteiger partial charge in [0.2, 0.25) is 0 Å². The van der Waals surface area contributed by atoms with Crippen molar-refractivity contribution in [1.29, 1.82) is 0 Å². The Labute approximate surface area is 49.4 Å². The van der Waals surface area contributed by atoms with Gasteiger partial charge in [-0.1, -0.05) is 0 Å². The Hall–Kier alpha value is 0.210. The van der Waals surface area contributed by atoms with Gasteiger partial charge < -0.3 is 10.5 Å². The van der Waals surface area contributed by atoms with E-state index in [0.717, 1.165) is 6.42 Å². The summed E-state index contributed by atoms with van der Waals surface area (Å²) in [6.45, 7) is 0. The van der Waals surface area contributed by atoms with Gasteiger partial charge >= 0.3 is 0 Å². The summed E-state index contributed by atoms with van der Waals surface area (Å²) in [5.74, 6) is 0. The molecule has 0 heterocycles. The Morgan fingerprint density at radius 3 is 2.14 bits per heavy atom. The SMILES string of the molecule is CO[C@H]1C[C@@H]1N.Cl. The minimum absolute atomic E-state index is 0. The molecular weight excluding hydrogens is 114 g/mol. The first-order valence-corrected chi connectivity index (χ1v) is 2.13. The maximum absolute atomic E-state index is 5.35. The fourth-order valence-corrected chi connectivity index (χ4v) is 0.461. The monoisotopic (exact) mass is 123 g/mol. The fourth-order valence-electron chi connectivity index (χ4n) is 0.461. The first-order chi connectivity index (χ1) is 2.84. The zero-order chi connectivity index (χ0) is 4.57. The Kier molecular flexibility index (Phi) is 2.58. The summed E-state index contributed by atoms with van der Waals surface area (Å²) in [5.41, 5.74) is 5.35. The van der Waals surface area contributed by atoms with Gasteiger partial charge in [0.05, 0.1) is 6.10 Å². The number of rotatable bonds is 1. The predicted octanol–water partition coefficient (Wildman–Crippen LogP) is 0.154. The number of ether oxygens (including phenoxy) is 1. The van der Waals surface area contributed by atoms with Gasteiger partial charge in [0.25, 0.3) is 0 Å². The van der Waals surface area contributed by atoms with Crippen molar-refractivity contribution in [2.24, 2.45) is 5.73 Å². The molecule has 1 aliphatic carbocycles. The van der Waals surface area contributed by atoms with Gasteiger partial charge in [-0.3, -0.25) is 0 Å². The van der Waals surface area contributed by atoms with Crippen LogP contribution in [0.25, 0.3) is 0 Å². The predicted molar refractivity (Wildman–Crippen MR) is 30.6 cm³/mol. The van der Waals surface area contributed by atoms with Crippen molar-refractivity contribution in [2.75, 3.05) is 7.11 Å². The molecule has 1 saturated carbocycles. The van der Waals surface area contributed by atoms with Crippen LogP contribution < -0.4 is 5.73 Å². The number of nitrogens with two attached hydrogens (primary N) is 1. The topological polar surface area (TPSA) is 35.2 Å². The van der Waals surface area contributed by atoms with Crippen molar-refractivity contribution in [1.82, 2.24) is 0 Å². The number of hydrogen-bond acceptors (Lipinski definition) is 2. The van der Waals surface area contributed by atoms with Gasteiger partial charge in [-0.2, -0.15) is 0 Å². The molecule has 1 rings (SSSR count). The van der Waals surface area contributed by atoms with Gasteiger partial charge in [0.15, 0.2) is 0 Å². The molecule has 1 fully saturated rings. The second-order valence-corrected chi connectivity index (χ2v) is 1.67. The highest BCUT2D eigenvalue weighted by Gasteiger charge is 2.32. The van der Waals surface area contributed by atoms with Crippen LogP contribution in [0.5, 0.6) is 0 Å². The minimum Gasteiger partial charge on any atom is -0.380 e. The summed E-state index contributed by atoms with van der Waals surface area (Å²) in [4.78, 5) is 0. The molecule has 0 spiro atoms.